The van der Waals surface area contributed by atoms with Crippen molar-refractivity contribution in [1.29, 1.82) is 0 Å². The Balaban J connectivity index is 1.42. The molecule has 1 aromatic heterocycles. The van der Waals surface area contributed by atoms with Gasteiger partial charge in [-0.3, -0.25) is 4.79 Å². The molecule has 1 amide bonds. The van der Waals surface area contributed by atoms with Crippen molar-refractivity contribution in [3.05, 3.63) is 107 Å². The van der Waals surface area contributed by atoms with Gasteiger partial charge in [-0.1, -0.05) is 53.6 Å². The third kappa shape index (κ3) is 5.19. The highest BCUT2D eigenvalue weighted by Crippen LogP contribution is 2.22. The van der Waals surface area contributed by atoms with Crippen LogP contribution in [0.25, 0.3) is 11.3 Å². The number of carbonyl (C=O) groups is 1. The number of aromatic nitrogens is 2. The first kappa shape index (κ1) is 21.2. The highest BCUT2D eigenvalue weighted by molar-refractivity contribution is 5.94. The van der Waals surface area contributed by atoms with Crippen LogP contribution in [0.1, 0.15) is 40.0 Å². The maximum Gasteiger partial charge on any atom is 0.251 e. The molecular weight excluding hydrogens is 396 g/mol. The van der Waals surface area contributed by atoms with Crippen molar-refractivity contribution in [2.24, 2.45) is 0 Å². The number of carbonyl (C=O) groups excluding carboxylic acids is 1. The first-order chi connectivity index (χ1) is 15.5. The van der Waals surface area contributed by atoms with Gasteiger partial charge in [0.2, 0.25) is 0 Å². The van der Waals surface area contributed by atoms with E-state index in [1.54, 1.807) is 6.33 Å². The second kappa shape index (κ2) is 9.43. The number of benzene rings is 3. The van der Waals surface area contributed by atoms with Crippen LogP contribution < -0.4 is 10.6 Å². The lowest BCUT2D eigenvalue weighted by molar-refractivity contribution is 0.0940. The number of amides is 1. The smallest absolute Gasteiger partial charge is 0.251 e. The summed E-state index contributed by atoms with van der Waals surface area (Å²) >= 11 is 0. The average Bonchev–Trinajstić information content (AvgIpc) is 2.80. The highest BCUT2D eigenvalue weighted by atomic mass is 16.1. The number of nitrogens with one attached hydrogen (secondary N) is 2. The molecule has 0 saturated carbocycles. The standard InChI is InChI=1S/C27H26N4O/c1-18-7-9-21(10-8-18)20(3)30-27(32)22-11-13-24(14-12-22)31-26-16-25(28-17-29-26)23-6-4-5-19(2)15-23/h4-17,20H,1-3H3,(H,30,32)(H,28,29,31)/t20-/m1/s1. The summed E-state index contributed by atoms with van der Waals surface area (Å²) in [7, 11) is 0. The van der Waals surface area contributed by atoms with Gasteiger partial charge in [0.05, 0.1) is 11.7 Å². The zero-order valence-electron chi connectivity index (χ0n) is 18.5. The predicted molar refractivity (Wildman–Crippen MR) is 129 cm³/mol. The van der Waals surface area contributed by atoms with E-state index in [-0.39, 0.29) is 11.9 Å². The van der Waals surface area contributed by atoms with E-state index >= 15 is 0 Å². The first-order valence-electron chi connectivity index (χ1n) is 10.6. The van der Waals surface area contributed by atoms with Crippen molar-refractivity contribution >= 4 is 17.4 Å². The largest absolute Gasteiger partial charge is 0.346 e. The SMILES string of the molecule is Cc1ccc([C@@H](C)NC(=O)c2ccc(Nc3cc(-c4cccc(C)c4)ncn3)cc2)cc1. The molecule has 0 bridgehead atoms. The van der Waals surface area contributed by atoms with Crippen LogP contribution in [0.5, 0.6) is 0 Å². The Bertz CT molecular complexity index is 1220. The van der Waals surface area contributed by atoms with E-state index in [0.717, 1.165) is 22.5 Å². The van der Waals surface area contributed by atoms with Crippen LogP contribution in [0.4, 0.5) is 11.5 Å². The lowest BCUT2D eigenvalue weighted by atomic mass is 10.1. The van der Waals surface area contributed by atoms with Crippen molar-refractivity contribution in [2.75, 3.05) is 5.32 Å². The molecular formula is C27H26N4O. The summed E-state index contributed by atoms with van der Waals surface area (Å²) in [4.78, 5) is 21.3. The lowest BCUT2D eigenvalue weighted by Gasteiger charge is -2.15. The molecule has 0 unspecified atom stereocenters. The maximum absolute atomic E-state index is 12.6. The van der Waals surface area contributed by atoms with Gasteiger partial charge in [0.25, 0.3) is 5.91 Å². The topological polar surface area (TPSA) is 66.9 Å². The normalized spacial score (nSPS) is 11.6. The number of hydrogen-bond acceptors (Lipinski definition) is 4. The zero-order chi connectivity index (χ0) is 22.5. The second-order valence-corrected chi connectivity index (χ2v) is 7.97. The average molecular weight is 423 g/mol. The molecule has 0 aliphatic heterocycles. The highest BCUT2D eigenvalue weighted by Gasteiger charge is 2.11. The molecule has 4 aromatic rings. The van der Waals surface area contributed by atoms with Crippen LogP contribution in [0.15, 0.2) is 85.2 Å². The van der Waals surface area contributed by atoms with Crippen molar-refractivity contribution in [1.82, 2.24) is 15.3 Å². The molecule has 0 saturated heterocycles. The van der Waals surface area contributed by atoms with E-state index in [0.29, 0.717) is 11.4 Å². The van der Waals surface area contributed by atoms with Gasteiger partial charge in [0, 0.05) is 22.9 Å². The predicted octanol–water partition coefficient (Wildman–Crippen LogP) is 6.00. The van der Waals surface area contributed by atoms with Crippen molar-refractivity contribution in [3.8, 4) is 11.3 Å². The van der Waals surface area contributed by atoms with Gasteiger partial charge in [-0.2, -0.15) is 0 Å². The van der Waals surface area contributed by atoms with Gasteiger partial charge in [-0.15, -0.1) is 0 Å². The summed E-state index contributed by atoms with van der Waals surface area (Å²) in [5.74, 6) is 0.593. The van der Waals surface area contributed by atoms with Gasteiger partial charge in [0.15, 0.2) is 0 Å². The summed E-state index contributed by atoms with van der Waals surface area (Å²) < 4.78 is 0. The second-order valence-electron chi connectivity index (χ2n) is 7.97. The fourth-order valence-electron chi connectivity index (χ4n) is 3.46. The molecule has 0 radical (unpaired) electrons. The zero-order valence-corrected chi connectivity index (χ0v) is 18.5. The van der Waals surface area contributed by atoms with E-state index in [1.165, 1.54) is 11.1 Å². The van der Waals surface area contributed by atoms with Crippen LogP contribution in [0, 0.1) is 13.8 Å². The minimum Gasteiger partial charge on any atom is -0.346 e. The number of rotatable bonds is 6. The van der Waals surface area contributed by atoms with Gasteiger partial charge in [-0.05, 0) is 56.7 Å². The van der Waals surface area contributed by atoms with Crippen LogP contribution in [0.2, 0.25) is 0 Å². The Hall–Kier alpha value is -3.99. The fraction of sp³-hybridized carbons (Fsp3) is 0.148. The van der Waals surface area contributed by atoms with E-state index in [1.807, 2.05) is 68.4 Å². The van der Waals surface area contributed by atoms with Gasteiger partial charge in [-0.25, -0.2) is 9.97 Å². The van der Waals surface area contributed by atoms with Crippen molar-refractivity contribution in [2.45, 2.75) is 26.8 Å². The third-order valence-electron chi connectivity index (χ3n) is 5.33. The molecule has 1 heterocycles. The Kier molecular flexibility index (Phi) is 6.26. The van der Waals surface area contributed by atoms with E-state index in [2.05, 4.69) is 51.8 Å². The minimum atomic E-state index is -0.103. The molecule has 5 heteroatoms. The summed E-state index contributed by atoms with van der Waals surface area (Å²) in [6, 6.07) is 25.6. The fourth-order valence-corrected chi connectivity index (χ4v) is 3.46. The maximum atomic E-state index is 12.6. The minimum absolute atomic E-state index is 0.0676. The molecule has 0 spiro atoms. The van der Waals surface area contributed by atoms with Gasteiger partial charge >= 0.3 is 0 Å². The molecule has 0 fully saturated rings. The summed E-state index contributed by atoms with van der Waals surface area (Å²) in [5, 5.41) is 6.34. The quantitative estimate of drug-likeness (QED) is 0.400. The van der Waals surface area contributed by atoms with Crippen molar-refractivity contribution < 1.29 is 4.79 Å². The molecule has 4 rings (SSSR count). The van der Waals surface area contributed by atoms with E-state index in [9.17, 15) is 4.79 Å². The monoisotopic (exact) mass is 422 g/mol. The Morgan fingerprint density at radius 1 is 0.844 bits per heavy atom. The van der Waals surface area contributed by atoms with E-state index in [4.69, 9.17) is 0 Å². The third-order valence-corrected chi connectivity index (χ3v) is 5.33. The lowest BCUT2D eigenvalue weighted by Crippen LogP contribution is -2.26. The molecule has 0 aliphatic rings. The van der Waals surface area contributed by atoms with E-state index < -0.39 is 0 Å². The number of hydrogen-bond donors (Lipinski definition) is 2. The molecule has 3 aromatic carbocycles. The first-order valence-corrected chi connectivity index (χ1v) is 10.6. The Morgan fingerprint density at radius 3 is 2.31 bits per heavy atom. The number of anilines is 2. The summed E-state index contributed by atoms with van der Waals surface area (Å²) in [5.41, 5.74) is 6.82. The number of nitrogens with zero attached hydrogens (tertiary/aromatic N) is 2. The molecule has 0 aliphatic carbocycles. The van der Waals surface area contributed by atoms with Crippen LogP contribution in [-0.4, -0.2) is 15.9 Å². The Morgan fingerprint density at radius 2 is 1.59 bits per heavy atom. The number of aryl methyl sites for hydroxylation is 2. The van der Waals surface area contributed by atoms with Crippen molar-refractivity contribution in [3.63, 3.8) is 0 Å². The van der Waals surface area contributed by atoms with Gasteiger partial charge < -0.3 is 10.6 Å². The molecule has 5 nitrogen and oxygen atoms in total. The van der Waals surface area contributed by atoms with Crippen LogP contribution in [-0.2, 0) is 0 Å². The Labute approximate surface area is 188 Å². The molecule has 1 atom stereocenters. The van der Waals surface area contributed by atoms with Crippen LogP contribution >= 0.6 is 0 Å². The molecule has 32 heavy (non-hydrogen) atoms. The summed E-state index contributed by atoms with van der Waals surface area (Å²) in [6.07, 6.45) is 1.55. The van der Waals surface area contributed by atoms with Crippen LogP contribution in [0.3, 0.4) is 0 Å². The summed E-state index contributed by atoms with van der Waals surface area (Å²) in [6.45, 7) is 6.09. The van der Waals surface area contributed by atoms with Gasteiger partial charge in [0.1, 0.15) is 12.1 Å². The molecule has 2 N–H and O–H groups in total. The molecule has 160 valence electrons.